The number of rotatable bonds is 4. The Bertz CT molecular complexity index is 771. The van der Waals surface area contributed by atoms with Gasteiger partial charge in [-0.15, -0.1) is 0 Å². The summed E-state index contributed by atoms with van der Waals surface area (Å²) in [6, 6.07) is 4.81. The van der Waals surface area contributed by atoms with Crippen LogP contribution >= 0.6 is 0 Å². The second kappa shape index (κ2) is 6.05. The number of carboxylic acids is 1. The summed E-state index contributed by atoms with van der Waals surface area (Å²) in [6.45, 7) is 3.08. The summed E-state index contributed by atoms with van der Waals surface area (Å²) in [5.74, 6) is -1.42. The fraction of sp³-hybridized carbons (Fsp3) is 0.214. The van der Waals surface area contributed by atoms with E-state index in [1.807, 2.05) is 6.07 Å². The number of amides is 1. The third kappa shape index (κ3) is 3.09. The van der Waals surface area contributed by atoms with Crippen molar-refractivity contribution in [3.63, 3.8) is 0 Å². The molecule has 0 fully saturated rings. The lowest BCUT2D eigenvalue weighted by Crippen LogP contribution is -2.14. The summed E-state index contributed by atoms with van der Waals surface area (Å²) in [4.78, 5) is 26.8. The SMILES string of the molecule is Cc1nn(CC(=O)O)c(C)c1NC(=O)c1ccc(C#N)nc1. The van der Waals surface area contributed by atoms with Gasteiger partial charge in [0.25, 0.3) is 5.91 Å². The average molecular weight is 299 g/mol. The summed E-state index contributed by atoms with van der Waals surface area (Å²) >= 11 is 0. The van der Waals surface area contributed by atoms with Crippen molar-refractivity contribution in [2.24, 2.45) is 0 Å². The fourth-order valence-electron chi connectivity index (χ4n) is 1.94. The minimum absolute atomic E-state index is 0.221. The Morgan fingerprint density at radius 3 is 2.68 bits per heavy atom. The number of nitriles is 1. The molecular weight excluding hydrogens is 286 g/mol. The Balaban J connectivity index is 2.22. The lowest BCUT2D eigenvalue weighted by atomic mass is 10.2. The fourth-order valence-corrected chi connectivity index (χ4v) is 1.94. The lowest BCUT2D eigenvalue weighted by molar-refractivity contribution is -0.137. The third-order valence-electron chi connectivity index (χ3n) is 3.05. The van der Waals surface area contributed by atoms with Crippen LogP contribution in [0.15, 0.2) is 18.3 Å². The lowest BCUT2D eigenvalue weighted by Gasteiger charge is -2.06. The van der Waals surface area contributed by atoms with E-state index in [0.717, 1.165) is 0 Å². The second-order valence-corrected chi connectivity index (χ2v) is 4.60. The van der Waals surface area contributed by atoms with Crippen LogP contribution in [-0.2, 0) is 11.3 Å². The van der Waals surface area contributed by atoms with Crippen LogP contribution in [0, 0.1) is 25.2 Å². The predicted molar refractivity (Wildman–Crippen MR) is 76.2 cm³/mol. The van der Waals surface area contributed by atoms with Gasteiger partial charge in [0.05, 0.1) is 22.6 Å². The number of carbonyl (C=O) groups is 2. The molecule has 0 saturated heterocycles. The van der Waals surface area contributed by atoms with Gasteiger partial charge in [-0.2, -0.15) is 10.4 Å². The van der Waals surface area contributed by atoms with Crippen molar-refractivity contribution in [2.75, 3.05) is 5.32 Å². The molecule has 0 aliphatic carbocycles. The van der Waals surface area contributed by atoms with Gasteiger partial charge in [0.15, 0.2) is 0 Å². The van der Waals surface area contributed by atoms with E-state index in [0.29, 0.717) is 22.6 Å². The average Bonchev–Trinajstić information content (AvgIpc) is 2.74. The van der Waals surface area contributed by atoms with Gasteiger partial charge >= 0.3 is 5.97 Å². The summed E-state index contributed by atoms with van der Waals surface area (Å²) in [5, 5.41) is 24.3. The van der Waals surface area contributed by atoms with Crippen molar-refractivity contribution in [1.82, 2.24) is 14.8 Å². The highest BCUT2D eigenvalue weighted by molar-refractivity contribution is 6.04. The maximum absolute atomic E-state index is 12.2. The number of carboxylic acid groups (broad SMARTS) is 1. The van der Waals surface area contributed by atoms with Gasteiger partial charge in [-0.05, 0) is 26.0 Å². The zero-order chi connectivity index (χ0) is 16.3. The first-order valence-electron chi connectivity index (χ1n) is 6.35. The molecular formula is C14H13N5O3. The van der Waals surface area contributed by atoms with E-state index in [1.165, 1.54) is 23.0 Å². The summed E-state index contributed by atoms with van der Waals surface area (Å²) < 4.78 is 1.31. The molecule has 8 nitrogen and oxygen atoms in total. The van der Waals surface area contributed by atoms with Gasteiger partial charge in [0.1, 0.15) is 18.3 Å². The van der Waals surface area contributed by atoms with Crippen molar-refractivity contribution < 1.29 is 14.7 Å². The van der Waals surface area contributed by atoms with Crippen molar-refractivity contribution in [3.8, 4) is 6.07 Å². The molecule has 0 aliphatic heterocycles. The van der Waals surface area contributed by atoms with Crippen molar-refractivity contribution in [2.45, 2.75) is 20.4 Å². The first-order chi connectivity index (χ1) is 10.4. The second-order valence-electron chi connectivity index (χ2n) is 4.60. The van der Waals surface area contributed by atoms with Crippen molar-refractivity contribution >= 4 is 17.6 Å². The maximum atomic E-state index is 12.2. The number of carbonyl (C=O) groups excluding carboxylic acids is 1. The quantitative estimate of drug-likeness (QED) is 0.872. The summed E-state index contributed by atoms with van der Waals surface area (Å²) in [5.41, 5.74) is 2.06. The van der Waals surface area contributed by atoms with E-state index in [-0.39, 0.29) is 12.2 Å². The minimum atomic E-state index is -1.01. The standard InChI is InChI=1S/C14H13N5O3/c1-8-13(9(2)19(18-8)7-12(20)21)17-14(22)10-3-4-11(5-15)16-6-10/h3-4,6H,7H2,1-2H3,(H,17,22)(H,20,21). The highest BCUT2D eigenvalue weighted by Gasteiger charge is 2.16. The highest BCUT2D eigenvalue weighted by Crippen LogP contribution is 2.20. The molecule has 1 amide bonds. The van der Waals surface area contributed by atoms with E-state index in [1.54, 1.807) is 13.8 Å². The maximum Gasteiger partial charge on any atom is 0.325 e. The first kappa shape index (κ1) is 15.2. The number of nitrogens with zero attached hydrogens (tertiary/aromatic N) is 4. The molecule has 0 spiro atoms. The monoisotopic (exact) mass is 299 g/mol. The minimum Gasteiger partial charge on any atom is -0.480 e. The molecule has 0 saturated carbocycles. The molecule has 22 heavy (non-hydrogen) atoms. The number of nitrogens with one attached hydrogen (secondary N) is 1. The number of aromatic nitrogens is 3. The molecule has 2 aromatic rings. The number of aryl methyl sites for hydroxylation is 1. The van der Waals surface area contributed by atoms with E-state index in [2.05, 4.69) is 15.4 Å². The van der Waals surface area contributed by atoms with Crippen LogP contribution in [0.5, 0.6) is 0 Å². The van der Waals surface area contributed by atoms with Gasteiger partial charge < -0.3 is 10.4 Å². The molecule has 0 aliphatic rings. The molecule has 2 rings (SSSR count). The van der Waals surface area contributed by atoms with E-state index < -0.39 is 11.9 Å². The van der Waals surface area contributed by atoms with Gasteiger partial charge in [0.2, 0.25) is 0 Å². The summed E-state index contributed by atoms with van der Waals surface area (Å²) in [6.07, 6.45) is 1.31. The first-order valence-corrected chi connectivity index (χ1v) is 6.35. The van der Waals surface area contributed by atoms with Crippen LogP contribution in [0.25, 0.3) is 0 Å². The Hall–Kier alpha value is -3.21. The van der Waals surface area contributed by atoms with Crippen LogP contribution in [0.4, 0.5) is 5.69 Å². The number of hydrogen-bond acceptors (Lipinski definition) is 5. The van der Waals surface area contributed by atoms with Gasteiger partial charge in [-0.3, -0.25) is 14.3 Å². The summed E-state index contributed by atoms with van der Waals surface area (Å²) in [7, 11) is 0. The van der Waals surface area contributed by atoms with Crippen LogP contribution in [0.3, 0.4) is 0 Å². The topological polar surface area (TPSA) is 121 Å². The van der Waals surface area contributed by atoms with Crippen LogP contribution in [0.1, 0.15) is 27.4 Å². The van der Waals surface area contributed by atoms with E-state index >= 15 is 0 Å². The van der Waals surface area contributed by atoms with Crippen LogP contribution in [0.2, 0.25) is 0 Å². The number of aliphatic carboxylic acids is 1. The number of hydrogen-bond donors (Lipinski definition) is 2. The Morgan fingerprint density at radius 1 is 1.41 bits per heavy atom. The molecule has 2 N–H and O–H groups in total. The predicted octanol–water partition coefficient (Wildman–Crippen LogP) is 1.10. The van der Waals surface area contributed by atoms with E-state index in [9.17, 15) is 9.59 Å². The largest absolute Gasteiger partial charge is 0.480 e. The molecule has 8 heteroatoms. The molecule has 0 radical (unpaired) electrons. The molecule has 0 bridgehead atoms. The molecule has 2 aromatic heterocycles. The van der Waals surface area contributed by atoms with E-state index in [4.69, 9.17) is 10.4 Å². The third-order valence-corrected chi connectivity index (χ3v) is 3.05. The Morgan fingerprint density at radius 2 is 2.14 bits per heavy atom. The highest BCUT2D eigenvalue weighted by atomic mass is 16.4. The normalized spacial score (nSPS) is 10.0. The molecule has 112 valence electrons. The zero-order valence-electron chi connectivity index (χ0n) is 12.0. The van der Waals surface area contributed by atoms with Crippen LogP contribution in [-0.4, -0.2) is 31.7 Å². The number of pyridine rings is 1. The zero-order valence-corrected chi connectivity index (χ0v) is 12.0. The van der Waals surface area contributed by atoms with Gasteiger partial charge in [-0.1, -0.05) is 0 Å². The van der Waals surface area contributed by atoms with Crippen LogP contribution < -0.4 is 5.32 Å². The van der Waals surface area contributed by atoms with Crippen molar-refractivity contribution in [1.29, 1.82) is 5.26 Å². The molecule has 0 aromatic carbocycles. The van der Waals surface area contributed by atoms with Crippen molar-refractivity contribution in [3.05, 3.63) is 41.0 Å². The molecule has 0 unspecified atom stereocenters. The molecule has 0 atom stereocenters. The Kier molecular flexibility index (Phi) is 4.18. The number of anilines is 1. The van der Waals surface area contributed by atoms with Gasteiger partial charge in [0, 0.05) is 6.20 Å². The smallest absolute Gasteiger partial charge is 0.325 e. The Labute approximate surface area is 126 Å². The van der Waals surface area contributed by atoms with Gasteiger partial charge in [-0.25, -0.2) is 4.98 Å². The molecule has 2 heterocycles.